The Morgan fingerprint density at radius 2 is 1.68 bits per heavy atom. The van der Waals surface area contributed by atoms with E-state index in [0.29, 0.717) is 11.5 Å². The first-order valence-electron chi connectivity index (χ1n) is 9.73. The summed E-state index contributed by atoms with van der Waals surface area (Å²) >= 11 is 0. The average molecular weight is 443 g/mol. The maximum Gasteiger partial charge on any atom is 0.246 e. The highest BCUT2D eigenvalue weighted by atomic mass is 32.2. The SMILES string of the molecule is Cc1ccc(-c2noc(CN(C)C(=O)CN(c3ccc(C)cc3C)S(C)(=O)=O)n2)cc1. The predicted molar refractivity (Wildman–Crippen MR) is 119 cm³/mol. The van der Waals surface area contributed by atoms with Crippen molar-refractivity contribution >= 4 is 21.6 Å². The number of hydrogen-bond donors (Lipinski definition) is 0. The molecule has 1 heterocycles. The molecule has 0 saturated heterocycles. The number of nitrogens with zero attached hydrogens (tertiary/aromatic N) is 4. The van der Waals surface area contributed by atoms with Gasteiger partial charge in [-0.1, -0.05) is 52.7 Å². The van der Waals surface area contributed by atoms with Crippen molar-refractivity contribution in [3.05, 3.63) is 65.0 Å². The zero-order chi connectivity index (χ0) is 22.8. The van der Waals surface area contributed by atoms with Gasteiger partial charge in [-0.25, -0.2) is 8.42 Å². The molecule has 0 unspecified atom stereocenters. The Labute approximate surface area is 182 Å². The number of sulfonamides is 1. The molecule has 0 fully saturated rings. The van der Waals surface area contributed by atoms with Crippen LogP contribution < -0.4 is 4.31 Å². The summed E-state index contributed by atoms with van der Waals surface area (Å²) in [6, 6.07) is 13.1. The summed E-state index contributed by atoms with van der Waals surface area (Å²) in [5, 5.41) is 3.97. The van der Waals surface area contributed by atoms with Crippen LogP contribution in [0.2, 0.25) is 0 Å². The van der Waals surface area contributed by atoms with Crippen LogP contribution >= 0.6 is 0 Å². The zero-order valence-corrected chi connectivity index (χ0v) is 19.1. The Hall–Kier alpha value is -3.20. The molecule has 0 saturated carbocycles. The molecule has 0 aliphatic rings. The minimum absolute atomic E-state index is 0.0716. The highest BCUT2D eigenvalue weighted by Crippen LogP contribution is 2.24. The van der Waals surface area contributed by atoms with Gasteiger partial charge in [0.05, 0.1) is 18.5 Å². The topological polar surface area (TPSA) is 96.6 Å². The second-order valence-corrected chi connectivity index (χ2v) is 9.59. The molecule has 1 aromatic heterocycles. The maximum atomic E-state index is 12.8. The maximum absolute atomic E-state index is 12.8. The van der Waals surface area contributed by atoms with Gasteiger partial charge in [0.15, 0.2) is 0 Å². The molecule has 3 rings (SSSR count). The first-order chi connectivity index (χ1) is 14.5. The molecule has 0 N–H and O–H groups in total. The van der Waals surface area contributed by atoms with E-state index in [4.69, 9.17) is 4.52 Å². The van der Waals surface area contributed by atoms with Gasteiger partial charge in [-0.2, -0.15) is 4.98 Å². The summed E-state index contributed by atoms with van der Waals surface area (Å²) in [7, 11) is -2.09. The van der Waals surface area contributed by atoms with Crippen LogP contribution in [0.3, 0.4) is 0 Å². The van der Waals surface area contributed by atoms with Crippen molar-refractivity contribution in [3.63, 3.8) is 0 Å². The van der Waals surface area contributed by atoms with Crippen LogP contribution in [0.1, 0.15) is 22.6 Å². The lowest BCUT2D eigenvalue weighted by Crippen LogP contribution is -2.41. The number of aryl methyl sites for hydroxylation is 3. The average Bonchev–Trinajstić information content (AvgIpc) is 3.14. The third-order valence-corrected chi connectivity index (χ3v) is 6.00. The molecular weight excluding hydrogens is 416 g/mol. The van der Waals surface area contributed by atoms with Crippen molar-refractivity contribution < 1.29 is 17.7 Å². The molecule has 3 aromatic rings. The van der Waals surface area contributed by atoms with E-state index >= 15 is 0 Å². The lowest BCUT2D eigenvalue weighted by atomic mass is 10.1. The minimum Gasteiger partial charge on any atom is -0.337 e. The molecule has 0 atom stereocenters. The van der Waals surface area contributed by atoms with Gasteiger partial charge >= 0.3 is 0 Å². The molecule has 1 amide bonds. The fraction of sp³-hybridized carbons (Fsp3) is 0.318. The van der Waals surface area contributed by atoms with Crippen LogP contribution in [0.25, 0.3) is 11.4 Å². The highest BCUT2D eigenvalue weighted by molar-refractivity contribution is 7.92. The largest absolute Gasteiger partial charge is 0.337 e. The van der Waals surface area contributed by atoms with Gasteiger partial charge < -0.3 is 9.42 Å². The number of carbonyl (C=O) groups is 1. The lowest BCUT2D eigenvalue weighted by Gasteiger charge is -2.26. The van der Waals surface area contributed by atoms with Crippen LogP contribution in [0.15, 0.2) is 47.0 Å². The van der Waals surface area contributed by atoms with Crippen molar-refractivity contribution in [2.75, 3.05) is 24.2 Å². The fourth-order valence-corrected chi connectivity index (χ4v) is 4.05. The quantitative estimate of drug-likeness (QED) is 0.558. The third-order valence-electron chi connectivity index (χ3n) is 4.88. The number of hydrogen-bond acceptors (Lipinski definition) is 6. The molecule has 2 aromatic carbocycles. The molecule has 31 heavy (non-hydrogen) atoms. The Morgan fingerprint density at radius 3 is 2.29 bits per heavy atom. The molecule has 0 bridgehead atoms. The van der Waals surface area contributed by atoms with E-state index in [1.165, 1.54) is 4.90 Å². The van der Waals surface area contributed by atoms with Crippen LogP contribution in [0.5, 0.6) is 0 Å². The van der Waals surface area contributed by atoms with Crippen LogP contribution in [0.4, 0.5) is 5.69 Å². The van der Waals surface area contributed by atoms with Crippen molar-refractivity contribution in [2.24, 2.45) is 0 Å². The summed E-state index contributed by atoms with van der Waals surface area (Å²) in [5.74, 6) is 0.313. The monoisotopic (exact) mass is 442 g/mol. The number of carbonyl (C=O) groups excluding carboxylic acids is 1. The zero-order valence-electron chi connectivity index (χ0n) is 18.3. The molecule has 9 heteroatoms. The van der Waals surface area contributed by atoms with Crippen molar-refractivity contribution in [1.29, 1.82) is 0 Å². The molecule has 0 aliphatic heterocycles. The predicted octanol–water partition coefficient (Wildman–Crippen LogP) is 3.09. The van der Waals surface area contributed by atoms with Crippen molar-refractivity contribution in [1.82, 2.24) is 15.0 Å². The van der Waals surface area contributed by atoms with E-state index < -0.39 is 10.0 Å². The summed E-state index contributed by atoms with van der Waals surface area (Å²) in [5.41, 5.74) is 4.21. The summed E-state index contributed by atoms with van der Waals surface area (Å²) in [6.45, 7) is 5.49. The second kappa shape index (κ2) is 8.89. The number of likely N-dealkylation sites (N-methyl/N-ethyl adjacent to an activating group) is 1. The van der Waals surface area contributed by atoms with E-state index in [1.54, 1.807) is 13.1 Å². The highest BCUT2D eigenvalue weighted by Gasteiger charge is 2.25. The lowest BCUT2D eigenvalue weighted by molar-refractivity contribution is -0.129. The normalized spacial score (nSPS) is 11.4. The fourth-order valence-electron chi connectivity index (χ4n) is 3.14. The Morgan fingerprint density at radius 1 is 1.03 bits per heavy atom. The van der Waals surface area contributed by atoms with E-state index in [-0.39, 0.29) is 24.9 Å². The minimum atomic E-state index is -3.66. The van der Waals surface area contributed by atoms with Gasteiger partial charge in [-0.15, -0.1) is 0 Å². The summed E-state index contributed by atoms with van der Waals surface area (Å²) in [6.07, 6.45) is 1.09. The van der Waals surface area contributed by atoms with Crippen molar-refractivity contribution in [2.45, 2.75) is 27.3 Å². The molecule has 0 radical (unpaired) electrons. The molecule has 8 nitrogen and oxygen atoms in total. The molecule has 0 spiro atoms. The first-order valence-corrected chi connectivity index (χ1v) is 11.6. The van der Waals surface area contributed by atoms with Gasteiger partial charge in [0, 0.05) is 12.6 Å². The van der Waals surface area contributed by atoms with Gasteiger partial charge in [-0.3, -0.25) is 9.10 Å². The number of rotatable bonds is 7. The van der Waals surface area contributed by atoms with E-state index in [0.717, 1.165) is 32.8 Å². The molecule has 164 valence electrons. The summed E-state index contributed by atoms with van der Waals surface area (Å²) in [4.78, 5) is 18.5. The smallest absolute Gasteiger partial charge is 0.246 e. The van der Waals surface area contributed by atoms with E-state index in [9.17, 15) is 13.2 Å². The van der Waals surface area contributed by atoms with Gasteiger partial charge in [0.25, 0.3) is 0 Å². The van der Waals surface area contributed by atoms with Crippen LogP contribution in [-0.4, -0.2) is 49.2 Å². The standard InChI is InChI=1S/C22H26N4O4S/c1-15-6-9-18(10-7-15)22-23-20(30-24-22)13-25(4)21(27)14-26(31(5,28)29)19-11-8-16(2)12-17(19)3/h6-12H,13-14H2,1-5H3. The number of aromatic nitrogens is 2. The first kappa shape index (κ1) is 22.5. The van der Waals surface area contributed by atoms with Gasteiger partial charge in [-0.05, 0) is 32.4 Å². The van der Waals surface area contributed by atoms with Gasteiger partial charge in [0.1, 0.15) is 6.54 Å². The Bertz CT molecular complexity index is 1190. The Kier molecular flexibility index (Phi) is 6.45. The summed E-state index contributed by atoms with van der Waals surface area (Å²) < 4.78 is 31.2. The third kappa shape index (κ3) is 5.49. The van der Waals surface area contributed by atoms with Gasteiger partial charge in [0.2, 0.25) is 27.6 Å². The van der Waals surface area contributed by atoms with Crippen molar-refractivity contribution in [3.8, 4) is 11.4 Å². The Balaban J connectivity index is 1.73. The molecule has 0 aliphatic carbocycles. The van der Waals surface area contributed by atoms with Crippen LogP contribution in [0, 0.1) is 20.8 Å². The van der Waals surface area contributed by atoms with E-state index in [2.05, 4.69) is 10.1 Å². The number of anilines is 1. The second-order valence-electron chi connectivity index (χ2n) is 7.69. The van der Waals surface area contributed by atoms with Crippen LogP contribution in [-0.2, 0) is 21.4 Å². The molecular formula is C22H26N4O4S. The van der Waals surface area contributed by atoms with E-state index in [1.807, 2.05) is 57.2 Å². The number of benzene rings is 2. The number of amides is 1.